The molecular weight excluding hydrogens is 290 g/mol. The average Bonchev–Trinajstić information content (AvgIpc) is 2.85. The smallest absolute Gasteiger partial charge is 0.410 e. The number of halogens is 1. The minimum absolute atomic E-state index is 0.154. The number of hydrogen-bond acceptors (Lipinski definition) is 3. The third-order valence-electron chi connectivity index (χ3n) is 3.42. The molecule has 1 saturated heterocycles. The first-order chi connectivity index (χ1) is 9.81. The summed E-state index contributed by atoms with van der Waals surface area (Å²) in [5, 5.41) is 0.562. The minimum atomic E-state index is -0.536. The molecule has 0 bridgehead atoms. The molecule has 0 N–H and O–H groups in total. The molecule has 114 valence electrons. The highest BCUT2D eigenvalue weighted by molar-refractivity contribution is 6.30. The lowest BCUT2D eigenvalue weighted by Crippen LogP contribution is -2.36. The number of carbonyl (C=O) groups excluding carboxylic acids is 2. The van der Waals surface area contributed by atoms with Crippen molar-refractivity contribution in [3.63, 3.8) is 0 Å². The number of hydrogen-bond donors (Lipinski definition) is 0. The summed E-state index contributed by atoms with van der Waals surface area (Å²) in [5.74, 6) is 0. The quantitative estimate of drug-likeness (QED) is 0.768. The fourth-order valence-corrected chi connectivity index (χ4v) is 2.75. The predicted molar refractivity (Wildman–Crippen MR) is 81.8 cm³/mol. The van der Waals surface area contributed by atoms with E-state index in [0.29, 0.717) is 17.1 Å². The molecule has 4 nitrogen and oxygen atoms in total. The maximum Gasteiger partial charge on any atom is 0.410 e. The van der Waals surface area contributed by atoms with Crippen molar-refractivity contribution in [1.29, 1.82) is 0 Å². The van der Waals surface area contributed by atoms with Crippen LogP contribution >= 0.6 is 11.6 Å². The Kier molecular flexibility index (Phi) is 4.57. The molecule has 1 unspecified atom stereocenters. The molecule has 1 amide bonds. The van der Waals surface area contributed by atoms with Gasteiger partial charge in [0, 0.05) is 17.1 Å². The van der Waals surface area contributed by atoms with Gasteiger partial charge >= 0.3 is 6.09 Å². The molecule has 0 spiro atoms. The fourth-order valence-electron chi connectivity index (χ4n) is 2.57. The third-order valence-corrected chi connectivity index (χ3v) is 3.65. The fraction of sp³-hybridized carbons (Fsp3) is 0.500. The monoisotopic (exact) mass is 309 g/mol. The first-order valence-electron chi connectivity index (χ1n) is 7.06. The van der Waals surface area contributed by atoms with E-state index in [9.17, 15) is 9.59 Å². The summed E-state index contributed by atoms with van der Waals surface area (Å²) >= 11 is 6.04. The van der Waals surface area contributed by atoms with Crippen molar-refractivity contribution in [1.82, 2.24) is 4.90 Å². The first kappa shape index (κ1) is 15.8. The van der Waals surface area contributed by atoms with E-state index in [-0.39, 0.29) is 12.1 Å². The number of amides is 1. The van der Waals surface area contributed by atoms with Crippen LogP contribution in [0.4, 0.5) is 4.79 Å². The molecule has 21 heavy (non-hydrogen) atoms. The van der Waals surface area contributed by atoms with Gasteiger partial charge in [-0.2, -0.15) is 0 Å². The molecule has 1 heterocycles. The lowest BCUT2D eigenvalue weighted by Gasteiger charge is -2.29. The molecule has 1 fully saturated rings. The SMILES string of the molecule is CC(C)(C)OC(=O)N1CCCC1c1cc(Cl)ccc1C=O. The number of ether oxygens (including phenoxy) is 1. The van der Waals surface area contributed by atoms with Crippen LogP contribution in [0.2, 0.25) is 5.02 Å². The van der Waals surface area contributed by atoms with E-state index >= 15 is 0 Å². The second kappa shape index (κ2) is 6.06. The molecule has 1 aromatic rings. The Bertz CT molecular complexity index is 551. The summed E-state index contributed by atoms with van der Waals surface area (Å²) < 4.78 is 5.44. The molecule has 1 aliphatic rings. The van der Waals surface area contributed by atoms with Crippen molar-refractivity contribution in [3.05, 3.63) is 34.3 Å². The zero-order chi connectivity index (χ0) is 15.6. The van der Waals surface area contributed by atoms with E-state index in [1.165, 1.54) is 0 Å². The molecule has 0 radical (unpaired) electrons. The van der Waals surface area contributed by atoms with Gasteiger partial charge in [0.25, 0.3) is 0 Å². The molecule has 1 aromatic carbocycles. The predicted octanol–water partition coefficient (Wildman–Crippen LogP) is 4.22. The normalized spacial score (nSPS) is 18.7. The molecule has 1 atom stereocenters. The van der Waals surface area contributed by atoms with Crippen molar-refractivity contribution in [3.8, 4) is 0 Å². The third kappa shape index (κ3) is 3.76. The van der Waals surface area contributed by atoms with Crippen LogP contribution in [-0.2, 0) is 4.74 Å². The Morgan fingerprint density at radius 3 is 2.76 bits per heavy atom. The van der Waals surface area contributed by atoms with Crippen LogP contribution in [-0.4, -0.2) is 29.4 Å². The number of benzene rings is 1. The highest BCUT2D eigenvalue weighted by Gasteiger charge is 2.34. The number of nitrogens with zero attached hydrogens (tertiary/aromatic N) is 1. The lowest BCUT2D eigenvalue weighted by molar-refractivity contribution is 0.0223. The van der Waals surface area contributed by atoms with Crippen LogP contribution < -0.4 is 0 Å². The van der Waals surface area contributed by atoms with Crippen LogP contribution in [0.25, 0.3) is 0 Å². The van der Waals surface area contributed by atoms with Crippen LogP contribution in [0.3, 0.4) is 0 Å². The van der Waals surface area contributed by atoms with Gasteiger partial charge in [0.2, 0.25) is 0 Å². The van der Waals surface area contributed by atoms with E-state index in [2.05, 4.69) is 0 Å². The minimum Gasteiger partial charge on any atom is -0.444 e. The molecule has 0 aromatic heterocycles. The molecule has 1 aliphatic heterocycles. The van der Waals surface area contributed by atoms with Crippen molar-refractivity contribution in [2.75, 3.05) is 6.54 Å². The van der Waals surface area contributed by atoms with E-state index in [1.807, 2.05) is 20.8 Å². The lowest BCUT2D eigenvalue weighted by atomic mass is 9.99. The largest absolute Gasteiger partial charge is 0.444 e. The molecule has 2 rings (SSSR count). The van der Waals surface area contributed by atoms with Gasteiger partial charge < -0.3 is 9.64 Å². The summed E-state index contributed by atoms with van der Waals surface area (Å²) in [6, 6.07) is 4.98. The van der Waals surface area contributed by atoms with E-state index < -0.39 is 5.60 Å². The molecule has 0 aliphatic carbocycles. The summed E-state index contributed by atoms with van der Waals surface area (Å²) in [5.41, 5.74) is 0.826. The second-order valence-electron chi connectivity index (χ2n) is 6.22. The standard InChI is InChI=1S/C16H20ClNO3/c1-16(2,3)21-15(20)18-8-4-5-14(18)13-9-12(17)7-6-11(13)10-19/h6-7,9-10,14H,4-5,8H2,1-3H3. The van der Waals surface area contributed by atoms with Gasteiger partial charge in [-0.1, -0.05) is 11.6 Å². The van der Waals surface area contributed by atoms with E-state index in [0.717, 1.165) is 24.7 Å². The summed E-state index contributed by atoms with van der Waals surface area (Å²) in [7, 11) is 0. The second-order valence-corrected chi connectivity index (χ2v) is 6.66. The Hall–Kier alpha value is -1.55. The number of aldehydes is 1. The summed E-state index contributed by atoms with van der Waals surface area (Å²) in [6.45, 7) is 6.15. The van der Waals surface area contributed by atoms with Gasteiger partial charge in [0.15, 0.2) is 0 Å². The zero-order valence-electron chi connectivity index (χ0n) is 12.6. The van der Waals surface area contributed by atoms with Gasteiger partial charge in [-0.05, 0) is 57.4 Å². The van der Waals surface area contributed by atoms with Gasteiger partial charge in [0.05, 0.1) is 6.04 Å². The van der Waals surface area contributed by atoms with Crippen LogP contribution in [0.15, 0.2) is 18.2 Å². The van der Waals surface area contributed by atoms with Crippen molar-refractivity contribution < 1.29 is 14.3 Å². The van der Waals surface area contributed by atoms with Crippen LogP contribution in [0.1, 0.15) is 55.6 Å². The van der Waals surface area contributed by atoms with Gasteiger partial charge in [-0.3, -0.25) is 4.79 Å². The van der Waals surface area contributed by atoms with Crippen molar-refractivity contribution >= 4 is 24.0 Å². The van der Waals surface area contributed by atoms with Crippen LogP contribution in [0, 0.1) is 0 Å². The number of likely N-dealkylation sites (tertiary alicyclic amines) is 1. The summed E-state index contributed by atoms with van der Waals surface area (Å²) in [6.07, 6.45) is 2.15. The van der Waals surface area contributed by atoms with E-state index in [1.54, 1.807) is 23.1 Å². The Morgan fingerprint density at radius 2 is 2.14 bits per heavy atom. The Balaban J connectivity index is 2.28. The Morgan fingerprint density at radius 1 is 1.43 bits per heavy atom. The topological polar surface area (TPSA) is 46.6 Å². The number of rotatable bonds is 2. The van der Waals surface area contributed by atoms with Gasteiger partial charge in [-0.25, -0.2) is 4.79 Å². The maximum atomic E-state index is 12.3. The molecule has 5 heteroatoms. The highest BCUT2D eigenvalue weighted by Crippen LogP contribution is 2.35. The van der Waals surface area contributed by atoms with Crippen LogP contribution in [0.5, 0.6) is 0 Å². The number of carbonyl (C=O) groups is 2. The summed E-state index contributed by atoms with van der Waals surface area (Å²) in [4.78, 5) is 25.2. The van der Waals surface area contributed by atoms with E-state index in [4.69, 9.17) is 16.3 Å². The maximum absolute atomic E-state index is 12.3. The Labute approximate surface area is 130 Å². The molecular formula is C16H20ClNO3. The van der Waals surface area contributed by atoms with Gasteiger partial charge in [-0.15, -0.1) is 0 Å². The first-order valence-corrected chi connectivity index (χ1v) is 7.44. The van der Waals surface area contributed by atoms with Crippen molar-refractivity contribution in [2.24, 2.45) is 0 Å². The highest BCUT2D eigenvalue weighted by atomic mass is 35.5. The average molecular weight is 310 g/mol. The zero-order valence-corrected chi connectivity index (χ0v) is 13.3. The van der Waals surface area contributed by atoms with Gasteiger partial charge in [0.1, 0.15) is 11.9 Å². The van der Waals surface area contributed by atoms with Crippen molar-refractivity contribution in [2.45, 2.75) is 45.3 Å². The molecule has 0 saturated carbocycles.